The van der Waals surface area contributed by atoms with Crippen LogP contribution >= 0.6 is 0 Å². The maximum absolute atomic E-state index is 6.77. The molecule has 3 N–H and O–H groups in total. The van der Waals surface area contributed by atoms with E-state index in [0.717, 1.165) is 32.7 Å². The SMILES string of the molecule is CC1(C)C2OCCCC2C1(N)CNCC1CCCCO1. The van der Waals surface area contributed by atoms with E-state index < -0.39 is 0 Å². The van der Waals surface area contributed by atoms with Crippen molar-refractivity contribution in [2.75, 3.05) is 26.3 Å². The van der Waals surface area contributed by atoms with Crippen LogP contribution in [0.15, 0.2) is 0 Å². The molecule has 2 saturated heterocycles. The summed E-state index contributed by atoms with van der Waals surface area (Å²) in [5, 5.41) is 3.58. The van der Waals surface area contributed by atoms with E-state index in [1.807, 2.05) is 0 Å². The number of ether oxygens (including phenoxy) is 2. The third-order valence-electron chi connectivity index (χ3n) is 5.96. The fraction of sp³-hybridized carbons (Fsp3) is 1.00. The Morgan fingerprint density at radius 1 is 1.10 bits per heavy atom. The lowest BCUT2D eigenvalue weighted by Gasteiger charge is -2.66. The summed E-state index contributed by atoms with van der Waals surface area (Å²) in [5.41, 5.74) is 6.70. The molecule has 2 aliphatic heterocycles. The van der Waals surface area contributed by atoms with Gasteiger partial charge in [0.25, 0.3) is 0 Å². The van der Waals surface area contributed by atoms with Crippen LogP contribution in [0.5, 0.6) is 0 Å². The zero-order valence-electron chi connectivity index (χ0n) is 13.0. The monoisotopic (exact) mass is 282 g/mol. The molecule has 1 aliphatic carbocycles. The number of hydrogen-bond acceptors (Lipinski definition) is 4. The molecule has 3 fully saturated rings. The first-order valence-electron chi connectivity index (χ1n) is 8.28. The van der Waals surface area contributed by atoms with Crippen molar-refractivity contribution in [2.45, 2.75) is 63.7 Å². The lowest BCUT2D eigenvalue weighted by atomic mass is 9.46. The zero-order valence-corrected chi connectivity index (χ0v) is 13.0. The highest BCUT2D eigenvalue weighted by Gasteiger charge is 2.66. The standard InChI is InChI=1S/C16H30N2O2/c1-15(2)14-13(7-5-9-20-14)16(15,17)11-18-10-12-6-3-4-8-19-12/h12-14,18H,3-11,17H2,1-2H3. The minimum Gasteiger partial charge on any atom is -0.377 e. The van der Waals surface area contributed by atoms with E-state index in [4.69, 9.17) is 15.2 Å². The quantitative estimate of drug-likeness (QED) is 0.824. The smallest absolute Gasteiger partial charge is 0.0699 e. The second-order valence-corrected chi connectivity index (χ2v) is 7.42. The van der Waals surface area contributed by atoms with E-state index in [2.05, 4.69) is 19.2 Å². The van der Waals surface area contributed by atoms with Crippen LogP contribution in [0.25, 0.3) is 0 Å². The minimum absolute atomic E-state index is 0.0680. The van der Waals surface area contributed by atoms with Crippen LogP contribution in [-0.4, -0.2) is 44.1 Å². The predicted molar refractivity (Wildman–Crippen MR) is 79.6 cm³/mol. The average molecular weight is 282 g/mol. The second kappa shape index (κ2) is 5.56. The third kappa shape index (κ3) is 2.31. The number of nitrogens with one attached hydrogen (secondary N) is 1. The van der Waals surface area contributed by atoms with Gasteiger partial charge < -0.3 is 20.5 Å². The van der Waals surface area contributed by atoms with E-state index in [1.165, 1.54) is 25.7 Å². The second-order valence-electron chi connectivity index (χ2n) is 7.42. The van der Waals surface area contributed by atoms with Gasteiger partial charge in [-0.3, -0.25) is 0 Å². The van der Waals surface area contributed by atoms with Crippen LogP contribution in [-0.2, 0) is 9.47 Å². The molecule has 3 rings (SSSR count). The van der Waals surface area contributed by atoms with Crippen molar-refractivity contribution in [1.82, 2.24) is 5.32 Å². The van der Waals surface area contributed by atoms with Crippen molar-refractivity contribution in [3.63, 3.8) is 0 Å². The molecule has 0 aromatic carbocycles. The van der Waals surface area contributed by atoms with Gasteiger partial charge in [0.15, 0.2) is 0 Å². The van der Waals surface area contributed by atoms with Gasteiger partial charge in [0, 0.05) is 43.2 Å². The molecule has 0 aromatic rings. The Bertz CT molecular complexity index is 341. The molecule has 4 nitrogen and oxygen atoms in total. The Kier molecular flexibility index (Phi) is 4.10. The number of nitrogens with two attached hydrogens (primary N) is 1. The highest BCUT2D eigenvalue weighted by Crippen LogP contribution is 2.56. The van der Waals surface area contributed by atoms with Crippen LogP contribution in [0.2, 0.25) is 0 Å². The topological polar surface area (TPSA) is 56.5 Å². The predicted octanol–water partition coefficient (Wildman–Crippen LogP) is 1.68. The third-order valence-corrected chi connectivity index (χ3v) is 5.96. The molecule has 3 aliphatic rings. The van der Waals surface area contributed by atoms with Crippen molar-refractivity contribution in [3.05, 3.63) is 0 Å². The minimum atomic E-state index is -0.132. The average Bonchev–Trinajstić information content (AvgIpc) is 2.48. The molecule has 116 valence electrons. The van der Waals surface area contributed by atoms with Gasteiger partial charge >= 0.3 is 0 Å². The molecule has 4 unspecified atom stereocenters. The summed E-state index contributed by atoms with van der Waals surface area (Å²) in [4.78, 5) is 0. The fourth-order valence-corrected chi connectivity index (χ4v) is 4.43. The number of fused-ring (bicyclic) bond motifs is 1. The molecule has 0 aromatic heterocycles. The highest BCUT2D eigenvalue weighted by atomic mass is 16.5. The van der Waals surface area contributed by atoms with Gasteiger partial charge in [-0.05, 0) is 32.1 Å². The van der Waals surface area contributed by atoms with Gasteiger partial charge in [0.05, 0.1) is 12.2 Å². The van der Waals surface area contributed by atoms with Crippen LogP contribution in [0.3, 0.4) is 0 Å². The Morgan fingerprint density at radius 2 is 1.90 bits per heavy atom. The molecule has 20 heavy (non-hydrogen) atoms. The zero-order chi connectivity index (χ0) is 14.2. The first-order valence-corrected chi connectivity index (χ1v) is 8.28. The Morgan fingerprint density at radius 3 is 2.65 bits per heavy atom. The van der Waals surface area contributed by atoms with Gasteiger partial charge in [0.2, 0.25) is 0 Å². The van der Waals surface area contributed by atoms with Gasteiger partial charge in [-0.25, -0.2) is 0 Å². The molecule has 0 radical (unpaired) electrons. The van der Waals surface area contributed by atoms with Crippen molar-refractivity contribution in [2.24, 2.45) is 17.1 Å². The summed E-state index contributed by atoms with van der Waals surface area (Å²) in [5.74, 6) is 0.519. The van der Waals surface area contributed by atoms with Crippen LogP contribution in [0.4, 0.5) is 0 Å². The number of rotatable bonds is 4. The summed E-state index contributed by atoms with van der Waals surface area (Å²) in [6.45, 7) is 8.17. The van der Waals surface area contributed by atoms with Gasteiger partial charge in [-0.2, -0.15) is 0 Å². The lowest BCUT2D eigenvalue weighted by Crippen LogP contribution is -2.80. The first kappa shape index (κ1) is 14.8. The number of hydrogen-bond donors (Lipinski definition) is 2. The van der Waals surface area contributed by atoms with E-state index in [-0.39, 0.29) is 11.0 Å². The van der Waals surface area contributed by atoms with Crippen LogP contribution in [0, 0.1) is 11.3 Å². The lowest BCUT2D eigenvalue weighted by molar-refractivity contribution is -0.226. The molecule has 1 saturated carbocycles. The summed E-state index contributed by atoms with van der Waals surface area (Å²) >= 11 is 0. The maximum atomic E-state index is 6.77. The largest absolute Gasteiger partial charge is 0.377 e. The maximum Gasteiger partial charge on any atom is 0.0699 e. The Hall–Kier alpha value is -0.160. The van der Waals surface area contributed by atoms with E-state index >= 15 is 0 Å². The van der Waals surface area contributed by atoms with Crippen LogP contribution < -0.4 is 11.1 Å². The summed E-state index contributed by atoms with van der Waals surface area (Å²) in [6.07, 6.45) is 6.80. The van der Waals surface area contributed by atoms with E-state index in [9.17, 15) is 0 Å². The van der Waals surface area contributed by atoms with Crippen molar-refractivity contribution >= 4 is 0 Å². The van der Waals surface area contributed by atoms with Gasteiger partial charge in [0.1, 0.15) is 0 Å². The van der Waals surface area contributed by atoms with Gasteiger partial charge in [-0.15, -0.1) is 0 Å². The first-order chi connectivity index (χ1) is 9.56. The highest BCUT2D eigenvalue weighted by molar-refractivity contribution is 5.20. The molecular formula is C16H30N2O2. The van der Waals surface area contributed by atoms with Crippen molar-refractivity contribution in [3.8, 4) is 0 Å². The van der Waals surface area contributed by atoms with E-state index in [0.29, 0.717) is 18.1 Å². The molecule has 0 spiro atoms. The summed E-state index contributed by atoms with van der Waals surface area (Å²) in [6, 6.07) is 0. The Balaban J connectivity index is 1.52. The normalized spacial score (nSPS) is 43.6. The molecular weight excluding hydrogens is 252 g/mol. The molecule has 4 heteroatoms. The van der Waals surface area contributed by atoms with E-state index in [1.54, 1.807) is 0 Å². The fourth-order valence-electron chi connectivity index (χ4n) is 4.43. The van der Waals surface area contributed by atoms with Crippen molar-refractivity contribution in [1.29, 1.82) is 0 Å². The summed E-state index contributed by atoms with van der Waals surface area (Å²) < 4.78 is 11.7. The van der Waals surface area contributed by atoms with Crippen molar-refractivity contribution < 1.29 is 9.47 Å². The molecule has 2 heterocycles. The molecule has 4 atom stereocenters. The van der Waals surface area contributed by atoms with Gasteiger partial charge in [-0.1, -0.05) is 13.8 Å². The summed E-state index contributed by atoms with van der Waals surface area (Å²) in [7, 11) is 0. The molecule has 0 bridgehead atoms. The molecule has 0 amide bonds. The Labute approximate surface area is 122 Å². The van der Waals surface area contributed by atoms with Crippen LogP contribution in [0.1, 0.15) is 46.0 Å².